The van der Waals surface area contributed by atoms with E-state index in [1.165, 1.54) is 90.0 Å². The quantitative estimate of drug-likeness (QED) is 0.0858. The van der Waals surface area contributed by atoms with Gasteiger partial charge >= 0.3 is 80.4 Å². The molecule has 12 heterocycles. The van der Waals surface area contributed by atoms with Crippen LogP contribution in [0.2, 0.25) is 0 Å². The summed E-state index contributed by atoms with van der Waals surface area (Å²) in [5, 5.41) is 0. The van der Waals surface area contributed by atoms with Gasteiger partial charge in [0.15, 0.2) is 0 Å². The molecular weight excluding hydrogens is 2430 g/mol. The van der Waals surface area contributed by atoms with Crippen LogP contribution >= 0.6 is 0 Å². The minimum atomic E-state index is 0. The molecule has 8 aliphatic heterocycles. The van der Waals surface area contributed by atoms with Crippen molar-refractivity contribution in [2.24, 2.45) is 0 Å². The molecule has 4 aromatic heterocycles. The van der Waals surface area contributed by atoms with Crippen molar-refractivity contribution in [3.8, 4) is 0 Å². The van der Waals surface area contributed by atoms with Gasteiger partial charge in [0.25, 0.3) is 0 Å². The Balaban J connectivity index is 0.000000153. The summed E-state index contributed by atoms with van der Waals surface area (Å²) in [4.78, 5) is 42.6. The van der Waals surface area contributed by atoms with Gasteiger partial charge in [0.2, 0.25) is 0 Å². The van der Waals surface area contributed by atoms with Gasteiger partial charge < -0.3 is 82.7 Å². The zero-order valence-corrected chi connectivity index (χ0v) is 89.9. The molecule has 14 aromatic rings. The van der Waals surface area contributed by atoms with Crippen molar-refractivity contribution in [1.82, 2.24) is 29.7 Å². The number of aromatic nitrogens is 4. The normalized spacial score (nSPS) is 13.9. The van der Waals surface area contributed by atoms with Crippen LogP contribution in [0.1, 0.15) is 44.5 Å². The Morgan fingerprint density at radius 1 is 0.236 bits per heavy atom. The molecule has 0 unspecified atom stereocenters. The fourth-order valence-electron chi connectivity index (χ4n) is 16.4. The van der Waals surface area contributed by atoms with E-state index in [0.717, 1.165) is 45.1 Å². The molecule has 8 aliphatic rings. The molecule has 0 aliphatic carbocycles. The van der Waals surface area contributed by atoms with Gasteiger partial charge in [-0.05, 0) is 249 Å². The van der Waals surface area contributed by atoms with Gasteiger partial charge in [0.05, 0.1) is 26.9 Å². The predicted octanol–water partition coefficient (Wildman–Crippen LogP) is 21.4. The monoisotopic (exact) mass is 2540 g/mol. The molecule has 700 valence electrons. The van der Waals surface area contributed by atoms with Crippen LogP contribution in [0, 0.1) is 130 Å². The van der Waals surface area contributed by atoms with E-state index in [4.69, 9.17) is 0 Å². The first kappa shape index (κ1) is 107. The largest absolute Gasteiger partial charge is 3.00 e. The van der Waals surface area contributed by atoms with Crippen molar-refractivity contribution in [3.63, 3.8) is 0 Å². The van der Waals surface area contributed by atoms with Crippen molar-refractivity contribution in [3.05, 3.63) is 534 Å². The van der Waals surface area contributed by atoms with Crippen LogP contribution in [0.25, 0.3) is 0 Å². The van der Waals surface area contributed by atoms with Crippen LogP contribution in [0.15, 0.2) is 414 Å². The molecule has 0 N–H and O–H groups in total. The Bertz CT molecular complexity index is 5780. The number of pyridine rings is 4. The molecule has 0 radical (unpaired) electrons. The van der Waals surface area contributed by atoms with E-state index in [9.17, 15) is 0 Å². The van der Waals surface area contributed by atoms with Crippen LogP contribution in [-0.4, -0.2) is 84.8 Å². The number of fused-ring (bicyclic) bond motifs is 2. The van der Waals surface area contributed by atoms with Gasteiger partial charge in [-0.2, -0.15) is 173 Å². The van der Waals surface area contributed by atoms with E-state index in [1.807, 2.05) is 279 Å². The van der Waals surface area contributed by atoms with Gasteiger partial charge in [-0.15, -0.1) is 46.7 Å². The van der Waals surface area contributed by atoms with Gasteiger partial charge in [0, 0.05) is 70.3 Å². The third-order valence-electron chi connectivity index (χ3n) is 23.1. The first-order chi connectivity index (χ1) is 66.5. The fourth-order valence-corrected chi connectivity index (χ4v) is 16.4. The van der Waals surface area contributed by atoms with Gasteiger partial charge in [-0.1, -0.05) is 146 Å². The first-order valence-corrected chi connectivity index (χ1v) is 45.5. The summed E-state index contributed by atoms with van der Waals surface area (Å²) in [6, 6.07) is 111. The van der Waals surface area contributed by atoms with E-state index >= 15 is 0 Å². The second-order valence-corrected chi connectivity index (χ2v) is 33.2. The molecule has 0 bridgehead atoms. The summed E-state index contributed by atoms with van der Waals surface area (Å²) in [6.45, 7) is 25.8. The van der Waals surface area contributed by atoms with Crippen molar-refractivity contribution < 1.29 is 80.4 Å². The maximum Gasteiger partial charge on any atom is 3.00 e. The molecule has 0 atom stereocenters. The maximum atomic E-state index is 4.38. The Morgan fingerprint density at radius 3 is 0.679 bits per heavy atom. The third-order valence-corrected chi connectivity index (χ3v) is 23.1. The standard InChI is InChI=1S/4C17H16BN2.2C14H12N2.2C10H10N2.4Ir/c4*1-14-6-5-7-15(2)17(14)20-12-9-18(10-13-20)16-8-3-4-11-19-16;2*1-15-11-16(12-7-3-2-4-8-12)14-10-6-5-9-13(14)15;2*1-11-7-8-12(9-11)10-5-3-2-4-6-10;;;;/h4*3-9,11-13H,1-2H3;2*2-7,9-11H,1H3;2*2-5,7-9H,1H3;;;;/q4*-1;4*-2;4*+3. The Labute approximate surface area is 886 Å². The second-order valence-electron chi connectivity index (χ2n) is 33.2. The summed E-state index contributed by atoms with van der Waals surface area (Å²) >= 11 is 0. The average molecular weight is 2540 g/mol. The number of aryl methyl sites for hydroxylation is 8. The molecule has 140 heavy (non-hydrogen) atoms. The minimum absolute atomic E-state index is 0. The molecule has 16 nitrogen and oxygen atoms in total. The number of para-hydroxylation sites is 12. The van der Waals surface area contributed by atoms with E-state index in [2.05, 4.69) is 372 Å². The summed E-state index contributed by atoms with van der Waals surface area (Å²) in [5.41, 5.74) is 28.3. The van der Waals surface area contributed by atoms with Crippen molar-refractivity contribution in [2.75, 3.05) is 77.2 Å². The molecule has 0 amide bonds. The fraction of sp³-hybridized carbons (Fsp3) is 0.103. The smallest absolute Gasteiger partial charge is 0.510 e. The number of hydrogen-bond acceptors (Lipinski definition) is 16. The molecular formula is C116H108B4Ir4N16. The van der Waals surface area contributed by atoms with Crippen molar-refractivity contribution in [1.29, 1.82) is 0 Å². The zero-order valence-electron chi connectivity index (χ0n) is 80.4. The number of nitrogens with zero attached hydrogens (tertiary/aromatic N) is 16. The van der Waals surface area contributed by atoms with Crippen LogP contribution in [0.4, 0.5) is 68.2 Å². The van der Waals surface area contributed by atoms with E-state index in [-0.39, 0.29) is 107 Å². The summed E-state index contributed by atoms with van der Waals surface area (Å²) in [7, 11) is 8.11. The molecule has 10 aromatic carbocycles. The van der Waals surface area contributed by atoms with Crippen LogP contribution < -0.4 is 71.4 Å². The molecule has 0 saturated heterocycles. The van der Waals surface area contributed by atoms with Crippen molar-refractivity contribution >= 4 is 117 Å². The average Bonchev–Trinajstić information content (AvgIpc) is 1.65. The van der Waals surface area contributed by atoms with Crippen LogP contribution in [0.5, 0.6) is 0 Å². The molecule has 0 saturated carbocycles. The maximum absolute atomic E-state index is 4.38. The molecule has 24 heteroatoms. The number of rotatable bonds is 12. The molecule has 0 fully saturated rings. The number of anilines is 12. The SMILES string of the molecule is CN1C=CN(c2[c-]cccc2)[CH-]1.CN1C=CN(c2[c-]cccc2)[CH-]1.CN1[CH-]N(c2[c-]cccc2)c2ccccc21.CN1[CH-]N(c2[c-]cccc2)c2ccccc21.Cc1cccc(C)c1N1C=[C-]B(c2ccccn2)C=C1.Cc1cccc(C)c1N1C=[C-]B(c2ccccn2)C=C1.Cc1cccc(C)c1N1C=[C-]B(c2ccccn2)C=C1.Cc1cccc(C)c1N1C=[C-]B(c2ccccn2)C=C1.[Ir+3].[Ir+3].[Ir+3].[Ir+3]. The molecule has 0 spiro atoms. The van der Waals surface area contributed by atoms with Crippen LogP contribution in [0.3, 0.4) is 0 Å². The Morgan fingerprint density at radius 2 is 0.471 bits per heavy atom. The first-order valence-electron chi connectivity index (χ1n) is 45.5. The summed E-state index contributed by atoms with van der Waals surface area (Å²) in [5.74, 6) is 22.1. The second kappa shape index (κ2) is 53.7. The third kappa shape index (κ3) is 28.5. The van der Waals surface area contributed by atoms with Gasteiger partial charge in [-0.3, -0.25) is 19.9 Å². The van der Waals surface area contributed by atoms with Gasteiger partial charge in [-0.25, -0.2) is 0 Å². The topological polar surface area (TPSA) is 90.4 Å². The van der Waals surface area contributed by atoms with Gasteiger partial charge in [0.1, 0.15) is 0 Å². The number of benzene rings is 10. The van der Waals surface area contributed by atoms with E-state index in [0.29, 0.717) is 0 Å². The van der Waals surface area contributed by atoms with E-state index in [1.54, 1.807) is 0 Å². The Hall–Kier alpha value is -13.3. The molecule has 22 rings (SSSR count). The summed E-state index contributed by atoms with van der Waals surface area (Å²) in [6.07, 6.45) is 31.7. The summed E-state index contributed by atoms with van der Waals surface area (Å²) < 4.78 is 0. The van der Waals surface area contributed by atoms with E-state index < -0.39 is 0 Å². The predicted molar refractivity (Wildman–Crippen MR) is 571 cm³/mol. The number of hydrogen-bond donors (Lipinski definition) is 0. The van der Waals surface area contributed by atoms with Crippen molar-refractivity contribution in [2.45, 2.75) is 55.4 Å². The Kier molecular flexibility index (Phi) is 41.1. The zero-order chi connectivity index (χ0) is 94.5. The van der Waals surface area contributed by atoms with Crippen LogP contribution in [-0.2, 0) is 80.4 Å². The minimum Gasteiger partial charge on any atom is -0.510 e.